The molecule has 2 aromatic rings. The molecule has 3 heterocycles. The van der Waals surface area contributed by atoms with Crippen molar-refractivity contribution < 1.29 is 0 Å². The van der Waals surface area contributed by atoms with Crippen LogP contribution < -0.4 is 0 Å². The molecular weight excluding hydrogens is 363 g/mol. The van der Waals surface area contributed by atoms with E-state index in [2.05, 4.69) is 66.9 Å². The second kappa shape index (κ2) is 6.21. The van der Waals surface area contributed by atoms with E-state index >= 15 is 0 Å². The lowest BCUT2D eigenvalue weighted by Gasteiger charge is -2.27. The van der Waals surface area contributed by atoms with E-state index in [1.807, 2.05) is 36.7 Å². The maximum Gasteiger partial charge on any atom is 0.155 e. The van der Waals surface area contributed by atoms with Crippen LogP contribution in [0, 0.1) is 0 Å². The van der Waals surface area contributed by atoms with Gasteiger partial charge in [-0.3, -0.25) is 9.97 Å². The molecule has 5 heteroatoms. The van der Waals surface area contributed by atoms with Crippen molar-refractivity contribution in [2.45, 2.75) is 17.3 Å². The van der Waals surface area contributed by atoms with Crippen molar-refractivity contribution in [2.24, 2.45) is 0 Å². The molecule has 0 saturated carbocycles. The Morgan fingerprint density at radius 2 is 1.35 bits per heavy atom. The van der Waals surface area contributed by atoms with Gasteiger partial charge in [0, 0.05) is 24.8 Å². The molecule has 102 valence electrons. The Hall–Kier alpha value is -1.63. The van der Waals surface area contributed by atoms with Crippen molar-refractivity contribution in [3.8, 4) is 0 Å². The Labute approximate surface area is 132 Å². The molecule has 3 rings (SSSR count). The molecule has 0 N–H and O–H groups in total. The SMILES string of the molecule is IC1N(Cc2ccccn2)C=CN1Cc1ccccn1. The molecule has 0 aromatic carbocycles. The largest absolute Gasteiger partial charge is 0.342 e. The average Bonchev–Trinajstić information content (AvgIpc) is 2.83. The third-order valence-electron chi connectivity index (χ3n) is 3.14. The summed E-state index contributed by atoms with van der Waals surface area (Å²) in [5.74, 6) is 0. The van der Waals surface area contributed by atoms with E-state index in [-0.39, 0.29) is 4.17 Å². The summed E-state index contributed by atoms with van der Waals surface area (Å²) in [6, 6.07) is 12.0. The fraction of sp³-hybridized carbons (Fsp3) is 0.200. The maximum atomic E-state index is 4.38. The van der Waals surface area contributed by atoms with E-state index in [0.29, 0.717) is 0 Å². The van der Waals surface area contributed by atoms with Gasteiger partial charge in [0.05, 0.1) is 24.5 Å². The first-order chi connectivity index (χ1) is 9.83. The summed E-state index contributed by atoms with van der Waals surface area (Å²) in [5.41, 5.74) is 2.16. The Kier molecular flexibility index (Phi) is 4.15. The summed E-state index contributed by atoms with van der Waals surface area (Å²) in [6.45, 7) is 1.65. The summed E-state index contributed by atoms with van der Waals surface area (Å²) < 4.78 is 0.289. The molecule has 0 amide bonds. The second-order valence-electron chi connectivity index (χ2n) is 4.60. The number of pyridine rings is 2. The van der Waals surface area contributed by atoms with Gasteiger partial charge in [-0.05, 0) is 46.9 Å². The number of hydrogen-bond donors (Lipinski definition) is 0. The molecule has 0 bridgehead atoms. The Morgan fingerprint density at radius 3 is 1.75 bits per heavy atom. The Morgan fingerprint density at radius 1 is 0.850 bits per heavy atom. The number of alkyl halides is 1. The fourth-order valence-corrected chi connectivity index (χ4v) is 2.88. The second-order valence-corrected chi connectivity index (χ2v) is 5.71. The summed E-state index contributed by atoms with van der Waals surface area (Å²) in [5, 5.41) is 0. The molecule has 2 aromatic heterocycles. The first-order valence-corrected chi connectivity index (χ1v) is 7.71. The van der Waals surface area contributed by atoms with Crippen LogP contribution in [0.4, 0.5) is 0 Å². The van der Waals surface area contributed by atoms with E-state index in [9.17, 15) is 0 Å². The van der Waals surface area contributed by atoms with Crippen LogP contribution >= 0.6 is 22.6 Å². The predicted molar refractivity (Wildman–Crippen MR) is 86.5 cm³/mol. The van der Waals surface area contributed by atoms with Crippen LogP contribution in [0.25, 0.3) is 0 Å². The van der Waals surface area contributed by atoms with Crippen LogP contribution in [-0.4, -0.2) is 23.9 Å². The van der Waals surface area contributed by atoms with Crippen LogP contribution in [0.5, 0.6) is 0 Å². The lowest BCUT2D eigenvalue weighted by atomic mass is 10.3. The molecule has 0 saturated heterocycles. The van der Waals surface area contributed by atoms with Crippen LogP contribution in [0.3, 0.4) is 0 Å². The maximum absolute atomic E-state index is 4.38. The molecular formula is C15H15IN4. The van der Waals surface area contributed by atoms with E-state index in [4.69, 9.17) is 0 Å². The minimum atomic E-state index is 0.289. The van der Waals surface area contributed by atoms with Gasteiger partial charge in [0.15, 0.2) is 4.17 Å². The summed E-state index contributed by atoms with van der Waals surface area (Å²) in [7, 11) is 0. The quantitative estimate of drug-likeness (QED) is 0.465. The zero-order chi connectivity index (χ0) is 13.8. The Balaban J connectivity index is 1.63. The van der Waals surface area contributed by atoms with Crippen molar-refractivity contribution in [1.82, 2.24) is 19.8 Å². The van der Waals surface area contributed by atoms with Crippen LogP contribution in [0.2, 0.25) is 0 Å². The van der Waals surface area contributed by atoms with E-state index in [0.717, 1.165) is 24.5 Å². The van der Waals surface area contributed by atoms with Gasteiger partial charge < -0.3 is 9.80 Å². The third kappa shape index (κ3) is 3.09. The Bertz CT molecular complexity index is 521. The highest BCUT2D eigenvalue weighted by Gasteiger charge is 2.23. The average molecular weight is 378 g/mol. The van der Waals surface area contributed by atoms with Crippen molar-refractivity contribution in [3.63, 3.8) is 0 Å². The smallest absolute Gasteiger partial charge is 0.155 e. The number of hydrogen-bond acceptors (Lipinski definition) is 4. The van der Waals surface area contributed by atoms with Crippen LogP contribution in [0.1, 0.15) is 11.4 Å². The van der Waals surface area contributed by atoms with Gasteiger partial charge in [0.1, 0.15) is 0 Å². The highest BCUT2D eigenvalue weighted by Crippen LogP contribution is 2.24. The number of halogens is 1. The van der Waals surface area contributed by atoms with Crippen molar-refractivity contribution in [3.05, 3.63) is 72.6 Å². The number of aromatic nitrogens is 2. The topological polar surface area (TPSA) is 32.3 Å². The lowest BCUT2D eigenvalue weighted by molar-refractivity contribution is 0.233. The molecule has 4 nitrogen and oxygen atoms in total. The number of nitrogens with zero attached hydrogens (tertiary/aromatic N) is 4. The van der Waals surface area contributed by atoms with Gasteiger partial charge in [-0.1, -0.05) is 12.1 Å². The summed E-state index contributed by atoms with van der Waals surface area (Å²) >= 11 is 2.44. The van der Waals surface area contributed by atoms with E-state index in [1.165, 1.54) is 0 Å². The van der Waals surface area contributed by atoms with Gasteiger partial charge in [0.25, 0.3) is 0 Å². The highest BCUT2D eigenvalue weighted by atomic mass is 127. The number of rotatable bonds is 4. The minimum absolute atomic E-state index is 0.289. The summed E-state index contributed by atoms with van der Waals surface area (Å²) in [4.78, 5) is 13.3. The standard InChI is InChI=1S/C15H15IN4/c16-15-19(11-13-5-1-3-7-17-13)9-10-20(15)12-14-6-2-4-8-18-14/h1-10,15H,11-12H2. The minimum Gasteiger partial charge on any atom is -0.342 e. The van der Waals surface area contributed by atoms with Gasteiger partial charge in [-0.15, -0.1) is 0 Å². The molecule has 1 aliphatic heterocycles. The van der Waals surface area contributed by atoms with Gasteiger partial charge in [-0.2, -0.15) is 0 Å². The van der Waals surface area contributed by atoms with Crippen molar-refractivity contribution in [2.75, 3.05) is 0 Å². The van der Waals surface area contributed by atoms with Crippen molar-refractivity contribution in [1.29, 1.82) is 0 Å². The highest BCUT2D eigenvalue weighted by molar-refractivity contribution is 14.1. The fourth-order valence-electron chi connectivity index (χ4n) is 2.12. The first kappa shape index (κ1) is 13.4. The first-order valence-electron chi connectivity index (χ1n) is 6.46. The summed E-state index contributed by atoms with van der Waals surface area (Å²) in [6.07, 6.45) is 7.91. The molecule has 0 spiro atoms. The zero-order valence-corrected chi connectivity index (χ0v) is 13.1. The lowest BCUT2D eigenvalue weighted by Crippen LogP contribution is -2.32. The van der Waals surface area contributed by atoms with Gasteiger partial charge >= 0.3 is 0 Å². The van der Waals surface area contributed by atoms with Crippen molar-refractivity contribution >= 4 is 22.6 Å². The molecule has 0 aliphatic carbocycles. The molecule has 0 fully saturated rings. The molecule has 1 aliphatic rings. The molecule has 0 unspecified atom stereocenters. The van der Waals surface area contributed by atoms with Gasteiger partial charge in [0.2, 0.25) is 0 Å². The monoisotopic (exact) mass is 378 g/mol. The van der Waals surface area contributed by atoms with E-state index in [1.54, 1.807) is 0 Å². The van der Waals surface area contributed by atoms with E-state index < -0.39 is 0 Å². The van der Waals surface area contributed by atoms with Crippen LogP contribution in [-0.2, 0) is 13.1 Å². The normalized spacial score (nSPS) is 15.1. The van der Waals surface area contributed by atoms with Crippen LogP contribution in [0.15, 0.2) is 61.2 Å². The molecule has 0 atom stereocenters. The third-order valence-corrected chi connectivity index (χ3v) is 4.57. The molecule has 0 radical (unpaired) electrons. The predicted octanol–water partition coefficient (Wildman–Crippen LogP) is 2.98. The van der Waals surface area contributed by atoms with Gasteiger partial charge in [-0.25, -0.2) is 0 Å². The zero-order valence-electron chi connectivity index (χ0n) is 10.9. The molecule has 20 heavy (non-hydrogen) atoms.